The van der Waals surface area contributed by atoms with Gasteiger partial charge in [-0.25, -0.2) is 18.9 Å². The molecule has 3 rings (SSSR count). The molecule has 10 heteroatoms. The highest BCUT2D eigenvalue weighted by Gasteiger charge is 2.47. The van der Waals surface area contributed by atoms with E-state index < -0.39 is 41.3 Å². The first kappa shape index (κ1) is 23.9. The fraction of sp³-hybridized carbons (Fsp3) is 0.364. The maximum absolute atomic E-state index is 13.4. The standard InChI is InChI=1S/C22H21F4NO4S/c1-21(2,3)31-20(29)27-17(12-13-5-4-6-16(11-13)32-22(24,25)26)18(30-19(27)28)14-7-9-15(23)10-8-14/h4-11,17-18H,12H2,1-3H3. The lowest BCUT2D eigenvalue weighted by Gasteiger charge is -2.27. The number of hydrogen-bond donors (Lipinski definition) is 0. The molecule has 0 spiro atoms. The SMILES string of the molecule is CC(C)(C)OC(=O)N1C(=O)OC(c2ccc(F)cc2)C1Cc1cccc(SC(F)(F)F)c1. The van der Waals surface area contributed by atoms with E-state index >= 15 is 0 Å². The van der Waals surface area contributed by atoms with Crippen LogP contribution in [-0.2, 0) is 15.9 Å². The van der Waals surface area contributed by atoms with E-state index in [1.165, 1.54) is 42.5 Å². The van der Waals surface area contributed by atoms with Gasteiger partial charge in [0.1, 0.15) is 11.4 Å². The molecule has 1 aliphatic heterocycles. The molecule has 2 unspecified atom stereocenters. The molecule has 32 heavy (non-hydrogen) atoms. The Labute approximate surface area is 186 Å². The molecule has 2 aromatic carbocycles. The minimum atomic E-state index is -4.45. The summed E-state index contributed by atoms with van der Waals surface area (Å²) in [5, 5.41) is 0. The van der Waals surface area contributed by atoms with Crippen molar-refractivity contribution >= 4 is 23.9 Å². The van der Waals surface area contributed by atoms with E-state index in [1.54, 1.807) is 26.8 Å². The summed E-state index contributed by atoms with van der Waals surface area (Å²) < 4.78 is 62.4. The molecule has 2 atom stereocenters. The number of hydrogen-bond acceptors (Lipinski definition) is 5. The number of halogens is 4. The minimum Gasteiger partial charge on any atom is -0.443 e. The van der Waals surface area contributed by atoms with E-state index in [2.05, 4.69) is 0 Å². The maximum atomic E-state index is 13.4. The van der Waals surface area contributed by atoms with Crippen molar-refractivity contribution in [3.63, 3.8) is 0 Å². The number of carbonyl (C=O) groups excluding carboxylic acids is 2. The van der Waals surface area contributed by atoms with Crippen molar-refractivity contribution < 1.29 is 36.6 Å². The van der Waals surface area contributed by atoms with Crippen LogP contribution < -0.4 is 0 Å². The first-order valence-corrected chi connectivity index (χ1v) is 10.5. The van der Waals surface area contributed by atoms with Crippen LogP contribution in [0.25, 0.3) is 0 Å². The lowest BCUT2D eigenvalue weighted by atomic mass is 9.96. The summed E-state index contributed by atoms with van der Waals surface area (Å²) in [5.74, 6) is -0.490. The molecular weight excluding hydrogens is 450 g/mol. The molecule has 0 radical (unpaired) electrons. The zero-order chi connectivity index (χ0) is 23.7. The van der Waals surface area contributed by atoms with Crippen molar-refractivity contribution in [1.82, 2.24) is 4.90 Å². The summed E-state index contributed by atoms with van der Waals surface area (Å²) in [6.07, 6.45) is -2.81. The van der Waals surface area contributed by atoms with Gasteiger partial charge in [0, 0.05) is 4.90 Å². The predicted molar refractivity (Wildman–Crippen MR) is 110 cm³/mol. The minimum absolute atomic E-state index is 0.0132. The van der Waals surface area contributed by atoms with Gasteiger partial charge in [-0.05, 0) is 74.3 Å². The lowest BCUT2D eigenvalue weighted by molar-refractivity contribution is -0.0328. The molecular formula is C22H21F4NO4S. The van der Waals surface area contributed by atoms with Gasteiger partial charge in [0.2, 0.25) is 0 Å². The Morgan fingerprint density at radius 3 is 2.38 bits per heavy atom. The number of rotatable bonds is 4. The van der Waals surface area contributed by atoms with Crippen molar-refractivity contribution in [2.24, 2.45) is 0 Å². The third kappa shape index (κ3) is 6.15. The Morgan fingerprint density at radius 2 is 1.78 bits per heavy atom. The van der Waals surface area contributed by atoms with Crippen LogP contribution in [-0.4, -0.2) is 34.2 Å². The summed E-state index contributed by atoms with van der Waals surface area (Å²) >= 11 is -0.258. The number of cyclic esters (lactones) is 1. The molecule has 1 aliphatic rings. The number of alkyl halides is 3. The molecule has 0 saturated carbocycles. The smallest absolute Gasteiger partial charge is 0.443 e. The van der Waals surface area contributed by atoms with Gasteiger partial charge in [-0.3, -0.25) is 0 Å². The maximum Gasteiger partial charge on any atom is 0.446 e. The van der Waals surface area contributed by atoms with Crippen molar-refractivity contribution in [2.45, 2.75) is 55.3 Å². The van der Waals surface area contributed by atoms with Crippen molar-refractivity contribution in [1.29, 1.82) is 0 Å². The zero-order valence-corrected chi connectivity index (χ0v) is 18.3. The third-order valence-electron chi connectivity index (χ3n) is 4.47. The molecule has 2 aromatic rings. The Balaban J connectivity index is 1.94. The lowest BCUT2D eigenvalue weighted by Crippen LogP contribution is -2.43. The van der Waals surface area contributed by atoms with Crippen LogP contribution in [0.5, 0.6) is 0 Å². The summed E-state index contributed by atoms with van der Waals surface area (Å²) in [6.45, 7) is 4.91. The Bertz CT molecular complexity index is 989. The summed E-state index contributed by atoms with van der Waals surface area (Å²) in [6, 6.07) is 10.0. The highest BCUT2D eigenvalue weighted by Crippen LogP contribution is 2.39. The second kappa shape index (κ2) is 9.01. The van der Waals surface area contributed by atoms with E-state index in [-0.39, 0.29) is 23.1 Å². The number of nitrogens with zero attached hydrogens (tertiary/aromatic N) is 1. The highest BCUT2D eigenvalue weighted by atomic mass is 32.2. The molecule has 172 valence electrons. The van der Waals surface area contributed by atoms with Crippen LogP contribution in [0.3, 0.4) is 0 Å². The molecule has 2 amide bonds. The Kier molecular flexibility index (Phi) is 6.73. The molecule has 0 bridgehead atoms. The molecule has 5 nitrogen and oxygen atoms in total. The monoisotopic (exact) mass is 471 g/mol. The van der Waals surface area contributed by atoms with E-state index in [0.29, 0.717) is 11.1 Å². The van der Waals surface area contributed by atoms with Crippen LogP contribution in [0.2, 0.25) is 0 Å². The molecule has 1 saturated heterocycles. The van der Waals surface area contributed by atoms with E-state index in [1.807, 2.05) is 0 Å². The average molecular weight is 471 g/mol. The largest absolute Gasteiger partial charge is 0.446 e. The topological polar surface area (TPSA) is 55.8 Å². The van der Waals surface area contributed by atoms with Gasteiger partial charge in [-0.15, -0.1) is 0 Å². The van der Waals surface area contributed by atoms with Gasteiger partial charge in [-0.1, -0.05) is 24.3 Å². The normalized spacial score (nSPS) is 19.1. The fourth-order valence-electron chi connectivity index (χ4n) is 3.29. The van der Waals surface area contributed by atoms with Crippen molar-refractivity contribution in [3.8, 4) is 0 Å². The van der Waals surface area contributed by atoms with Crippen LogP contribution >= 0.6 is 11.8 Å². The van der Waals surface area contributed by atoms with Gasteiger partial charge in [0.15, 0.2) is 6.10 Å². The van der Waals surface area contributed by atoms with E-state index in [4.69, 9.17) is 9.47 Å². The van der Waals surface area contributed by atoms with Gasteiger partial charge in [0.25, 0.3) is 0 Å². The van der Waals surface area contributed by atoms with Crippen molar-refractivity contribution in [2.75, 3.05) is 0 Å². The number of thioether (sulfide) groups is 1. The fourth-order valence-corrected chi connectivity index (χ4v) is 3.91. The molecule has 0 aromatic heterocycles. The van der Waals surface area contributed by atoms with Crippen molar-refractivity contribution in [3.05, 3.63) is 65.5 Å². The average Bonchev–Trinajstić information content (AvgIpc) is 2.96. The number of ether oxygens (including phenoxy) is 2. The summed E-state index contributed by atoms with van der Waals surface area (Å²) in [7, 11) is 0. The van der Waals surface area contributed by atoms with Crippen LogP contribution in [0, 0.1) is 5.82 Å². The highest BCUT2D eigenvalue weighted by molar-refractivity contribution is 8.00. The van der Waals surface area contributed by atoms with Crippen LogP contribution in [0.1, 0.15) is 38.0 Å². The third-order valence-corrected chi connectivity index (χ3v) is 5.19. The van der Waals surface area contributed by atoms with Gasteiger partial charge >= 0.3 is 17.7 Å². The first-order chi connectivity index (χ1) is 14.8. The van der Waals surface area contributed by atoms with Gasteiger partial charge in [0.05, 0.1) is 6.04 Å². The van der Waals surface area contributed by atoms with Crippen LogP contribution in [0.4, 0.5) is 27.2 Å². The second-order valence-corrected chi connectivity index (χ2v) is 9.31. The summed E-state index contributed by atoms with van der Waals surface area (Å²) in [4.78, 5) is 26.1. The zero-order valence-electron chi connectivity index (χ0n) is 17.5. The number of carbonyl (C=O) groups is 2. The Hall–Kier alpha value is -2.75. The van der Waals surface area contributed by atoms with Crippen LogP contribution in [0.15, 0.2) is 53.4 Å². The molecule has 0 N–H and O–H groups in total. The Morgan fingerprint density at radius 1 is 1.12 bits per heavy atom. The van der Waals surface area contributed by atoms with E-state index in [0.717, 1.165) is 4.90 Å². The van der Waals surface area contributed by atoms with E-state index in [9.17, 15) is 27.2 Å². The molecule has 1 fully saturated rings. The number of benzene rings is 2. The molecule has 1 heterocycles. The quantitative estimate of drug-likeness (QED) is 0.378. The number of amides is 2. The van der Waals surface area contributed by atoms with Gasteiger partial charge < -0.3 is 9.47 Å². The summed E-state index contributed by atoms with van der Waals surface area (Å²) in [5.41, 5.74) is -4.44. The predicted octanol–water partition coefficient (Wildman–Crippen LogP) is 6.48. The first-order valence-electron chi connectivity index (χ1n) is 9.65. The molecule has 0 aliphatic carbocycles. The second-order valence-electron chi connectivity index (χ2n) is 8.17. The van der Waals surface area contributed by atoms with Gasteiger partial charge in [-0.2, -0.15) is 13.2 Å². The number of imide groups is 1.